The van der Waals surface area contributed by atoms with Crippen molar-refractivity contribution >= 4 is 28.2 Å². The van der Waals surface area contributed by atoms with Crippen molar-refractivity contribution in [2.24, 2.45) is 23.5 Å². The van der Waals surface area contributed by atoms with Crippen LogP contribution in [0.15, 0.2) is 6.20 Å². The van der Waals surface area contributed by atoms with E-state index < -0.39 is 0 Å². The summed E-state index contributed by atoms with van der Waals surface area (Å²) in [6.45, 7) is 1.49. The Bertz CT molecular complexity index is 526. The van der Waals surface area contributed by atoms with Gasteiger partial charge in [0.25, 0.3) is 0 Å². The summed E-state index contributed by atoms with van der Waals surface area (Å²) in [4.78, 5) is 28.1. The highest BCUT2D eigenvalue weighted by molar-refractivity contribution is 7.17. The molecule has 1 amide bonds. The summed E-state index contributed by atoms with van der Waals surface area (Å²) in [5.74, 6) is 0.763. The van der Waals surface area contributed by atoms with Crippen molar-refractivity contribution in [1.29, 1.82) is 0 Å². The highest BCUT2D eigenvalue weighted by atomic mass is 32.1. The van der Waals surface area contributed by atoms with E-state index in [9.17, 15) is 9.59 Å². The lowest BCUT2D eigenvalue weighted by molar-refractivity contribution is -0.121. The van der Waals surface area contributed by atoms with Crippen LogP contribution in [0.5, 0.6) is 0 Å². The molecule has 4 atom stereocenters. The Labute approximate surface area is 115 Å². The second-order valence-electron chi connectivity index (χ2n) is 5.51. The Morgan fingerprint density at radius 3 is 2.74 bits per heavy atom. The van der Waals surface area contributed by atoms with Gasteiger partial charge in [0.1, 0.15) is 0 Å². The molecule has 6 heteroatoms. The van der Waals surface area contributed by atoms with Crippen LogP contribution in [0.4, 0.5) is 5.13 Å². The van der Waals surface area contributed by atoms with E-state index in [-0.39, 0.29) is 23.7 Å². The SMILES string of the molecule is CC(=O)c1cnc(NC(=O)C2C3CCC(C3)C2N)s1. The van der Waals surface area contributed by atoms with Gasteiger partial charge in [-0.25, -0.2) is 4.98 Å². The molecule has 1 aromatic rings. The summed E-state index contributed by atoms with van der Waals surface area (Å²) in [7, 11) is 0. The molecule has 0 aromatic carbocycles. The van der Waals surface area contributed by atoms with Crippen LogP contribution in [-0.2, 0) is 4.79 Å². The van der Waals surface area contributed by atoms with Crippen molar-refractivity contribution in [1.82, 2.24) is 4.98 Å². The maximum absolute atomic E-state index is 12.3. The van der Waals surface area contributed by atoms with Crippen molar-refractivity contribution in [3.63, 3.8) is 0 Å². The number of nitrogens with zero attached hydrogens (tertiary/aromatic N) is 1. The number of fused-ring (bicyclic) bond motifs is 2. The van der Waals surface area contributed by atoms with E-state index >= 15 is 0 Å². The molecule has 0 spiro atoms. The van der Waals surface area contributed by atoms with E-state index in [0.717, 1.165) is 19.3 Å². The first kappa shape index (κ1) is 12.7. The number of rotatable bonds is 3. The normalized spacial score (nSPS) is 32.5. The van der Waals surface area contributed by atoms with Crippen molar-refractivity contribution in [3.8, 4) is 0 Å². The van der Waals surface area contributed by atoms with Crippen LogP contribution < -0.4 is 11.1 Å². The van der Waals surface area contributed by atoms with Crippen LogP contribution in [0.2, 0.25) is 0 Å². The molecule has 4 unspecified atom stereocenters. The summed E-state index contributed by atoms with van der Waals surface area (Å²) < 4.78 is 0. The maximum Gasteiger partial charge on any atom is 0.231 e. The Balaban J connectivity index is 1.69. The van der Waals surface area contributed by atoms with E-state index in [1.54, 1.807) is 0 Å². The third-order valence-corrected chi connectivity index (χ3v) is 5.38. The standard InChI is InChI=1S/C13H17N3O2S/c1-6(17)9-5-15-13(19-9)16-12(18)10-7-2-3-8(4-7)11(10)14/h5,7-8,10-11H,2-4,14H2,1H3,(H,15,16,18). The second-order valence-corrected chi connectivity index (χ2v) is 6.54. The lowest BCUT2D eigenvalue weighted by Gasteiger charge is -2.26. The predicted molar refractivity (Wildman–Crippen MR) is 73.0 cm³/mol. The van der Waals surface area contributed by atoms with Crippen LogP contribution in [0, 0.1) is 17.8 Å². The zero-order chi connectivity index (χ0) is 13.6. The summed E-state index contributed by atoms with van der Waals surface area (Å²) in [5, 5.41) is 3.30. The molecule has 102 valence electrons. The summed E-state index contributed by atoms with van der Waals surface area (Å²) in [6, 6.07) is -0.0222. The molecule has 2 bridgehead atoms. The number of nitrogens with two attached hydrogens (primary N) is 1. The first-order valence-electron chi connectivity index (χ1n) is 6.59. The molecule has 0 saturated heterocycles. The smallest absolute Gasteiger partial charge is 0.231 e. The third-order valence-electron chi connectivity index (χ3n) is 4.37. The molecule has 3 N–H and O–H groups in total. The molecule has 2 aliphatic carbocycles. The number of carbonyl (C=O) groups is 2. The minimum Gasteiger partial charge on any atom is -0.327 e. The fourth-order valence-corrected chi connectivity index (χ4v) is 4.12. The van der Waals surface area contributed by atoms with Gasteiger partial charge in [-0.3, -0.25) is 9.59 Å². The minimum absolute atomic E-state index is 0.0222. The first-order chi connectivity index (χ1) is 9.06. The van der Waals surface area contributed by atoms with Crippen LogP contribution in [0.3, 0.4) is 0 Å². The third kappa shape index (κ3) is 2.19. The number of amides is 1. The van der Waals surface area contributed by atoms with Gasteiger partial charge in [-0.2, -0.15) is 0 Å². The van der Waals surface area contributed by atoms with E-state index in [2.05, 4.69) is 10.3 Å². The number of Topliss-reactive ketones (excluding diaryl/α,β-unsaturated/α-hetero) is 1. The molecule has 1 heterocycles. The Kier molecular flexibility index (Phi) is 3.14. The van der Waals surface area contributed by atoms with Gasteiger partial charge >= 0.3 is 0 Å². The van der Waals surface area contributed by atoms with E-state index in [0.29, 0.717) is 21.8 Å². The molecular weight excluding hydrogens is 262 g/mol. The first-order valence-corrected chi connectivity index (χ1v) is 7.41. The number of thiazole rings is 1. The largest absolute Gasteiger partial charge is 0.327 e. The average molecular weight is 279 g/mol. The monoisotopic (exact) mass is 279 g/mol. The quantitative estimate of drug-likeness (QED) is 0.824. The molecule has 0 radical (unpaired) electrons. The molecule has 19 heavy (non-hydrogen) atoms. The van der Waals surface area contributed by atoms with Gasteiger partial charge in [-0.1, -0.05) is 11.3 Å². The number of aromatic nitrogens is 1. The van der Waals surface area contributed by atoms with E-state index in [4.69, 9.17) is 5.73 Å². The molecule has 1 aromatic heterocycles. The number of ketones is 1. The van der Waals surface area contributed by atoms with E-state index in [1.807, 2.05) is 0 Å². The topological polar surface area (TPSA) is 85.1 Å². The molecular formula is C13H17N3O2S. The van der Waals surface area contributed by atoms with Crippen molar-refractivity contribution in [2.75, 3.05) is 5.32 Å². The van der Waals surface area contributed by atoms with Crippen LogP contribution in [0.25, 0.3) is 0 Å². The predicted octanol–water partition coefficient (Wildman–Crippen LogP) is 1.66. The van der Waals surface area contributed by atoms with Gasteiger partial charge in [0, 0.05) is 13.0 Å². The van der Waals surface area contributed by atoms with Gasteiger partial charge < -0.3 is 11.1 Å². The molecule has 2 aliphatic rings. The maximum atomic E-state index is 12.3. The van der Waals surface area contributed by atoms with Crippen LogP contribution >= 0.6 is 11.3 Å². The van der Waals surface area contributed by atoms with Gasteiger partial charge in [-0.15, -0.1) is 0 Å². The second kappa shape index (κ2) is 4.68. The number of hydrogen-bond acceptors (Lipinski definition) is 5. The van der Waals surface area contributed by atoms with Gasteiger partial charge in [0.05, 0.1) is 17.0 Å². The number of hydrogen-bond donors (Lipinski definition) is 2. The van der Waals surface area contributed by atoms with E-state index in [1.165, 1.54) is 24.5 Å². The summed E-state index contributed by atoms with van der Waals surface area (Å²) in [5.41, 5.74) is 6.14. The molecule has 5 nitrogen and oxygen atoms in total. The number of nitrogens with one attached hydrogen (secondary N) is 1. The number of carbonyl (C=O) groups excluding carboxylic acids is 2. The lowest BCUT2D eigenvalue weighted by Crippen LogP contribution is -2.42. The fourth-order valence-electron chi connectivity index (χ4n) is 3.41. The molecule has 2 saturated carbocycles. The molecule has 3 rings (SSSR count). The Morgan fingerprint density at radius 1 is 1.42 bits per heavy atom. The summed E-state index contributed by atoms with van der Waals surface area (Å²) in [6.07, 6.45) is 4.84. The zero-order valence-corrected chi connectivity index (χ0v) is 11.6. The van der Waals surface area contributed by atoms with Gasteiger partial charge in [0.2, 0.25) is 5.91 Å². The van der Waals surface area contributed by atoms with Gasteiger partial charge in [0.15, 0.2) is 10.9 Å². The fraction of sp³-hybridized carbons (Fsp3) is 0.615. The molecule has 0 aliphatic heterocycles. The highest BCUT2D eigenvalue weighted by Gasteiger charge is 2.49. The minimum atomic E-state index is -0.0940. The van der Waals surface area contributed by atoms with Crippen molar-refractivity contribution < 1.29 is 9.59 Å². The van der Waals surface area contributed by atoms with Crippen molar-refractivity contribution in [2.45, 2.75) is 32.2 Å². The average Bonchev–Trinajstić information content (AvgIpc) is 3.02. The zero-order valence-electron chi connectivity index (χ0n) is 10.8. The highest BCUT2D eigenvalue weighted by Crippen LogP contribution is 2.47. The summed E-state index contributed by atoms with van der Waals surface area (Å²) >= 11 is 1.22. The Hall–Kier alpha value is -1.27. The van der Waals surface area contributed by atoms with Crippen LogP contribution in [-0.4, -0.2) is 22.7 Å². The molecule has 2 fully saturated rings. The van der Waals surface area contributed by atoms with Crippen molar-refractivity contribution in [3.05, 3.63) is 11.1 Å². The van der Waals surface area contributed by atoms with Gasteiger partial charge in [-0.05, 0) is 31.1 Å². The number of anilines is 1. The van der Waals surface area contributed by atoms with Crippen LogP contribution in [0.1, 0.15) is 35.9 Å². The Morgan fingerprint density at radius 2 is 2.16 bits per heavy atom. The lowest BCUT2D eigenvalue weighted by atomic mass is 9.84.